The van der Waals surface area contributed by atoms with E-state index in [2.05, 4.69) is 81.2 Å². The van der Waals surface area contributed by atoms with Gasteiger partial charge in [-0.3, -0.25) is 0 Å². The van der Waals surface area contributed by atoms with Gasteiger partial charge in [-0.25, -0.2) is 0 Å². The van der Waals surface area contributed by atoms with Crippen LogP contribution in [0.5, 0.6) is 0 Å². The lowest BCUT2D eigenvalue weighted by molar-refractivity contribution is 0.792. The van der Waals surface area contributed by atoms with Crippen molar-refractivity contribution in [3.63, 3.8) is 0 Å². The van der Waals surface area contributed by atoms with E-state index in [-0.39, 0.29) is 0 Å². The molecule has 0 N–H and O–H groups in total. The first kappa shape index (κ1) is 14.5. The maximum Gasteiger partial charge on any atom is 0.0297 e. The Morgan fingerprint density at radius 1 is 0.773 bits per heavy atom. The Bertz CT molecular complexity index is 916. The summed E-state index contributed by atoms with van der Waals surface area (Å²) in [5, 5.41) is 8.03. The zero-order valence-electron chi connectivity index (χ0n) is 12.4. The summed E-state index contributed by atoms with van der Waals surface area (Å²) in [5.74, 6) is 0. The number of benzene rings is 4. The van der Waals surface area contributed by atoms with Gasteiger partial charge in [-0.05, 0) is 82.6 Å². The average molecular weight is 416 g/mol. The van der Waals surface area contributed by atoms with E-state index in [9.17, 15) is 0 Å². The highest BCUT2D eigenvalue weighted by Gasteiger charge is 2.17. The van der Waals surface area contributed by atoms with Crippen LogP contribution in [0.3, 0.4) is 0 Å². The molecular formula is C20H16Br2. The first-order chi connectivity index (χ1) is 10.7. The second kappa shape index (κ2) is 5.50. The van der Waals surface area contributed by atoms with Crippen LogP contribution in [0.25, 0.3) is 32.3 Å². The monoisotopic (exact) mass is 414 g/mol. The Balaban J connectivity index is 2.20. The van der Waals surface area contributed by atoms with E-state index in [0.717, 1.165) is 6.42 Å². The molecule has 22 heavy (non-hydrogen) atoms. The largest absolute Gasteiger partial charge is 0.0654 e. The molecule has 0 aliphatic rings. The average Bonchev–Trinajstić information content (AvgIpc) is 2.55. The first-order valence-corrected chi connectivity index (χ1v) is 9.34. The van der Waals surface area contributed by atoms with E-state index in [1.54, 1.807) is 0 Å². The Morgan fingerprint density at radius 3 is 1.91 bits per heavy atom. The molecule has 2 heteroatoms. The normalized spacial score (nSPS) is 12.0. The molecule has 0 spiro atoms. The summed E-state index contributed by atoms with van der Waals surface area (Å²) in [5.41, 5.74) is 1.40. The van der Waals surface area contributed by atoms with Gasteiger partial charge in [-0.15, -0.1) is 0 Å². The molecule has 0 radical (unpaired) electrons. The Hall–Kier alpha value is -1.12. The molecule has 0 heterocycles. The van der Waals surface area contributed by atoms with Gasteiger partial charge in [0.25, 0.3) is 0 Å². The molecule has 0 aliphatic heterocycles. The molecule has 0 saturated carbocycles. The van der Waals surface area contributed by atoms with Gasteiger partial charge in [0.2, 0.25) is 0 Å². The van der Waals surface area contributed by atoms with E-state index in [1.165, 1.54) is 59.7 Å². The quantitative estimate of drug-likeness (QED) is 0.304. The lowest BCUT2D eigenvalue weighted by Gasteiger charge is -2.17. The molecule has 0 atom stereocenters. The van der Waals surface area contributed by atoms with E-state index >= 15 is 0 Å². The lowest BCUT2D eigenvalue weighted by atomic mass is 9.92. The highest BCUT2D eigenvalue weighted by atomic mass is 79.9. The van der Waals surface area contributed by atoms with Crippen molar-refractivity contribution >= 4 is 64.2 Å². The number of rotatable bonds is 3. The fraction of sp³-hybridized carbons (Fsp3) is 0.200. The third kappa shape index (κ3) is 2.00. The summed E-state index contributed by atoms with van der Waals surface area (Å²) in [7, 11) is 0. The van der Waals surface area contributed by atoms with Crippen molar-refractivity contribution in [2.75, 3.05) is 0 Å². The minimum absolute atomic E-state index is 1.11. The SMILES string of the molecule is CCCCc1c(Br)c2ccc3cccc4ccc(c1Br)c2c34. The molecule has 0 amide bonds. The van der Waals surface area contributed by atoms with Gasteiger partial charge >= 0.3 is 0 Å². The predicted octanol–water partition coefficient (Wildman–Crippen LogP) is 7.45. The van der Waals surface area contributed by atoms with Crippen LogP contribution < -0.4 is 0 Å². The fourth-order valence-corrected chi connectivity index (χ4v) is 5.16. The molecular weight excluding hydrogens is 400 g/mol. The van der Waals surface area contributed by atoms with Crippen molar-refractivity contribution in [3.05, 3.63) is 57.0 Å². The molecule has 0 aromatic heterocycles. The van der Waals surface area contributed by atoms with Crippen LogP contribution in [0.4, 0.5) is 0 Å². The van der Waals surface area contributed by atoms with E-state index in [1.807, 2.05) is 0 Å². The van der Waals surface area contributed by atoms with Gasteiger partial charge in [0.05, 0.1) is 0 Å². The van der Waals surface area contributed by atoms with Crippen LogP contribution in [-0.4, -0.2) is 0 Å². The van der Waals surface area contributed by atoms with Crippen molar-refractivity contribution in [1.29, 1.82) is 0 Å². The number of unbranched alkanes of at least 4 members (excludes halogenated alkanes) is 1. The van der Waals surface area contributed by atoms with E-state index in [0.29, 0.717) is 0 Å². The standard InChI is InChI=1S/C20H16Br2/c1-2-3-7-16-19(21)14-10-8-12-5-4-6-13-9-11-15(20(16)22)18(14)17(12)13/h4-6,8-11H,2-3,7H2,1H3. The van der Waals surface area contributed by atoms with Crippen LogP contribution in [0.2, 0.25) is 0 Å². The summed E-state index contributed by atoms with van der Waals surface area (Å²) in [4.78, 5) is 0. The van der Waals surface area contributed by atoms with Crippen LogP contribution >= 0.6 is 31.9 Å². The minimum Gasteiger partial charge on any atom is -0.0654 e. The molecule has 0 unspecified atom stereocenters. The third-order valence-corrected chi connectivity index (χ3v) is 6.37. The van der Waals surface area contributed by atoms with Crippen molar-refractivity contribution < 1.29 is 0 Å². The van der Waals surface area contributed by atoms with Crippen LogP contribution in [0.15, 0.2) is 51.4 Å². The molecule has 0 aliphatic carbocycles. The highest BCUT2D eigenvalue weighted by Crippen LogP contribution is 2.44. The van der Waals surface area contributed by atoms with Crippen LogP contribution in [-0.2, 0) is 6.42 Å². The lowest BCUT2D eigenvalue weighted by Crippen LogP contribution is -1.94. The molecule has 4 aromatic carbocycles. The maximum atomic E-state index is 3.88. The number of hydrogen-bond donors (Lipinski definition) is 0. The number of halogens is 2. The minimum atomic E-state index is 1.11. The van der Waals surface area contributed by atoms with Gasteiger partial charge in [-0.2, -0.15) is 0 Å². The fourth-order valence-electron chi connectivity index (χ4n) is 3.44. The Morgan fingerprint density at radius 2 is 1.36 bits per heavy atom. The van der Waals surface area contributed by atoms with E-state index in [4.69, 9.17) is 0 Å². The molecule has 0 bridgehead atoms. The highest BCUT2D eigenvalue weighted by molar-refractivity contribution is 9.11. The van der Waals surface area contributed by atoms with Gasteiger partial charge in [0.15, 0.2) is 0 Å². The van der Waals surface area contributed by atoms with Crippen LogP contribution in [0, 0.1) is 0 Å². The van der Waals surface area contributed by atoms with Gasteiger partial charge in [0.1, 0.15) is 0 Å². The molecule has 4 aromatic rings. The van der Waals surface area contributed by atoms with E-state index < -0.39 is 0 Å². The topological polar surface area (TPSA) is 0 Å². The maximum absolute atomic E-state index is 3.88. The van der Waals surface area contributed by atoms with Crippen molar-refractivity contribution in [2.45, 2.75) is 26.2 Å². The van der Waals surface area contributed by atoms with Crippen molar-refractivity contribution in [2.24, 2.45) is 0 Å². The van der Waals surface area contributed by atoms with Crippen LogP contribution in [0.1, 0.15) is 25.3 Å². The summed E-state index contributed by atoms with van der Waals surface area (Å²) in [6.07, 6.45) is 3.53. The predicted molar refractivity (Wildman–Crippen MR) is 104 cm³/mol. The molecule has 0 fully saturated rings. The summed E-state index contributed by atoms with van der Waals surface area (Å²) in [6, 6.07) is 15.5. The zero-order valence-corrected chi connectivity index (χ0v) is 15.6. The smallest absolute Gasteiger partial charge is 0.0297 e. The Kier molecular flexibility index (Phi) is 3.62. The van der Waals surface area contributed by atoms with Crippen molar-refractivity contribution in [1.82, 2.24) is 0 Å². The second-order valence-corrected chi connectivity index (χ2v) is 7.48. The Labute approximate surface area is 147 Å². The molecule has 110 valence electrons. The van der Waals surface area contributed by atoms with Gasteiger partial charge in [0, 0.05) is 8.95 Å². The van der Waals surface area contributed by atoms with Gasteiger partial charge in [-0.1, -0.05) is 55.8 Å². The zero-order chi connectivity index (χ0) is 15.3. The molecule has 0 saturated heterocycles. The number of hydrogen-bond acceptors (Lipinski definition) is 0. The first-order valence-electron chi connectivity index (χ1n) is 7.75. The molecule has 4 rings (SSSR count). The third-order valence-electron chi connectivity index (χ3n) is 4.56. The summed E-state index contributed by atoms with van der Waals surface area (Å²) in [6.45, 7) is 2.24. The van der Waals surface area contributed by atoms with Gasteiger partial charge < -0.3 is 0 Å². The second-order valence-electron chi connectivity index (χ2n) is 5.89. The summed E-state index contributed by atoms with van der Waals surface area (Å²) >= 11 is 7.75. The van der Waals surface area contributed by atoms with Crippen molar-refractivity contribution in [3.8, 4) is 0 Å². The summed E-state index contributed by atoms with van der Waals surface area (Å²) < 4.78 is 2.50. The molecule has 0 nitrogen and oxygen atoms in total.